The van der Waals surface area contributed by atoms with E-state index in [0.29, 0.717) is 12.5 Å². The van der Waals surface area contributed by atoms with E-state index in [1.807, 2.05) is 36.4 Å². The molecule has 0 aliphatic heterocycles. The molecule has 0 unspecified atom stereocenters. The highest BCUT2D eigenvalue weighted by Gasteiger charge is 2.15. The molecule has 1 heterocycles. The van der Waals surface area contributed by atoms with Crippen LogP contribution in [0.25, 0.3) is 5.69 Å². The number of hydrogen-bond donors (Lipinski definition) is 2. The topological polar surface area (TPSA) is 102 Å². The lowest BCUT2D eigenvalue weighted by atomic mass is 10.2. The number of hydrogen-bond acceptors (Lipinski definition) is 6. The molecule has 0 bridgehead atoms. The second-order valence-corrected chi connectivity index (χ2v) is 7.74. The molecule has 2 N–H and O–H groups in total. The fourth-order valence-electron chi connectivity index (χ4n) is 2.42. The number of benzene rings is 2. The van der Waals surface area contributed by atoms with Crippen molar-refractivity contribution in [1.29, 1.82) is 0 Å². The minimum Gasteiger partial charge on any atom is -0.349 e. The van der Waals surface area contributed by atoms with Crippen molar-refractivity contribution in [3.8, 4) is 5.69 Å². The van der Waals surface area contributed by atoms with Crippen molar-refractivity contribution >= 4 is 16.0 Å². The number of nitrogens with zero attached hydrogens (tertiary/aromatic N) is 4. The van der Waals surface area contributed by atoms with Gasteiger partial charge in [0.25, 0.3) is 0 Å². The number of sulfonamides is 1. The molecular weight excluding hydrogens is 352 g/mol. The van der Waals surface area contributed by atoms with Crippen LogP contribution >= 0.6 is 0 Å². The fourth-order valence-corrected chi connectivity index (χ4v) is 3.74. The van der Waals surface area contributed by atoms with Crippen LogP contribution in [0.15, 0.2) is 59.5 Å². The highest BCUT2D eigenvalue weighted by molar-refractivity contribution is 7.89. The van der Waals surface area contributed by atoms with Crippen molar-refractivity contribution in [1.82, 2.24) is 24.9 Å². The summed E-state index contributed by atoms with van der Waals surface area (Å²) in [6.07, 6.45) is 0. The Hall–Kier alpha value is -2.78. The molecule has 0 saturated carbocycles. The van der Waals surface area contributed by atoms with Gasteiger partial charge in [-0.25, -0.2) is 13.1 Å². The van der Waals surface area contributed by atoms with Gasteiger partial charge in [-0.15, -0.1) is 0 Å². The Morgan fingerprint density at radius 2 is 1.85 bits per heavy atom. The number of aromatic nitrogens is 4. The van der Waals surface area contributed by atoms with E-state index >= 15 is 0 Å². The lowest BCUT2D eigenvalue weighted by molar-refractivity contribution is 0.569. The average molecular weight is 372 g/mol. The molecule has 0 radical (unpaired) electrons. The highest BCUT2D eigenvalue weighted by atomic mass is 32.2. The first kappa shape index (κ1) is 18.0. The van der Waals surface area contributed by atoms with Crippen LogP contribution in [0.2, 0.25) is 0 Å². The molecule has 0 aliphatic rings. The lowest BCUT2D eigenvalue weighted by Crippen LogP contribution is -2.30. The molecule has 9 heteroatoms. The van der Waals surface area contributed by atoms with Gasteiger partial charge in [-0.1, -0.05) is 35.4 Å². The quantitative estimate of drug-likeness (QED) is 0.657. The summed E-state index contributed by atoms with van der Waals surface area (Å²) in [6.45, 7) is 3.96. The second kappa shape index (κ2) is 7.63. The van der Waals surface area contributed by atoms with E-state index in [0.717, 1.165) is 11.3 Å². The molecule has 2 aromatic carbocycles. The van der Waals surface area contributed by atoms with Crippen molar-refractivity contribution in [3.05, 3.63) is 60.2 Å². The predicted octanol–water partition coefficient (Wildman–Crippen LogP) is 1.96. The van der Waals surface area contributed by atoms with Gasteiger partial charge in [-0.3, -0.25) is 0 Å². The summed E-state index contributed by atoms with van der Waals surface area (Å²) in [4.78, 5) is 0.230. The summed E-state index contributed by atoms with van der Waals surface area (Å²) in [5.74, 6) is 0.477. The van der Waals surface area contributed by atoms with Crippen LogP contribution in [0.3, 0.4) is 0 Å². The van der Waals surface area contributed by atoms with Crippen LogP contribution in [0.1, 0.15) is 19.4 Å². The van der Waals surface area contributed by atoms with Crippen LogP contribution in [-0.2, 0) is 16.6 Å². The molecule has 0 amide bonds. The van der Waals surface area contributed by atoms with Crippen molar-refractivity contribution in [2.45, 2.75) is 31.3 Å². The zero-order valence-corrected chi connectivity index (χ0v) is 15.3. The Bertz CT molecular complexity index is 970. The second-order valence-electron chi connectivity index (χ2n) is 6.03. The third kappa shape index (κ3) is 4.24. The van der Waals surface area contributed by atoms with Crippen molar-refractivity contribution in [2.75, 3.05) is 5.32 Å². The minimum absolute atomic E-state index is 0.169. The van der Waals surface area contributed by atoms with Gasteiger partial charge in [-0.05, 0) is 54.1 Å². The van der Waals surface area contributed by atoms with Crippen LogP contribution in [0.5, 0.6) is 0 Å². The van der Waals surface area contributed by atoms with Crippen LogP contribution < -0.4 is 10.0 Å². The first-order chi connectivity index (χ1) is 12.5. The van der Waals surface area contributed by atoms with Crippen molar-refractivity contribution in [2.24, 2.45) is 0 Å². The Labute approximate surface area is 152 Å². The maximum atomic E-state index is 12.3. The Kier molecular flexibility index (Phi) is 5.29. The summed E-state index contributed by atoms with van der Waals surface area (Å²) >= 11 is 0. The fraction of sp³-hybridized carbons (Fsp3) is 0.235. The number of tetrazole rings is 1. The van der Waals surface area contributed by atoms with Gasteiger partial charge in [0.1, 0.15) is 0 Å². The maximum Gasteiger partial charge on any atom is 0.248 e. The molecule has 0 fully saturated rings. The third-order valence-electron chi connectivity index (χ3n) is 3.52. The largest absolute Gasteiger partial charge is 0.349 e. The molecule has 136 valence electrons. The van der Waals surface area contributed by atoms with Gasteiger partial charge in [0, 0.05) is 12.6 Å². The van der Waals surface area contributed by atoms with Crippen molar-refractivity contribution < 1.29 is 8.42 Å². The first-order valence-electron chi connectivity index (χ1n) is 8.14. The molecule has 0 spiro atoms. The van der Waals surface area contributed by atoms with Gasteiger partial charge in [0.2, 0.25) is 16.0 Å². The van der Waals surface area contributed by atoms with E-state index in [1.165, 1.54) is 0 Å². The monoisotopic (exact) mass is 372 g/mol. The molecule has 26 heavy (non-hydrogen) atoms. The predicted molar refractivity (Wildman–Crippen MR) is 98.4 cm³/mol. The summed E-state index contributed by atoms with van der Waals surface area (Å²) in [6, 6.07) is 16.1. The Balaban J connectivity index is 1.76. The average Bonchev–Trinajstić information content (AvgIpc) is 3.08. The van der Waals surface area contributed by atoms with Crippen LogP contribution in [-0.4, -0.2) is 34.7 Å². The highest BCUT2D eigenvalue weighted by Crippen LogP contribution is 2.15. The number of para-hydroxylation sites is 1. The van der Waals surface area contributed by atoms with E-state index in [1.54, 1.807) is 36.7 Å². The molecule has 8 nitrogen and oxygen atoms in total. The molecule has 1 aromatic heterocycles. The Morgan fingerprint density at radius 3 is 2.58 bits per heavy atom. The number of anilines is 1. The Morgan fingerprint density at radius 1 is 1.08 bits per heavy atom. The van der Waals surface area contributed by atoms with E-state index in [-0.39, 0.29) is 10.9 Å². The smallest absolute Gasteiger partial charge is 0.248 e. The third-order valence-corrected chi connectivity index (χ3v) is 5.18. The summed E-state index contributed by atoms with van der Waals surface area (Å²) in [5.41, 5.74) is 1.64. The number of nitrogens with one attached hydrogen (secondary N) is 2. The van der Waals surface area contributed by atoms with Gasteiger partial charge >= 0.3 is 0 Å². The zero-order valence-electron chi connectivity index (χ0n) is 14.5. The van der Waals surface area contributed by atoms with Gasteiger partial charge in [0.05, 0.1) is 10.6 Å². The summed E-state index contributed by atoms with van der Waals surface area (Å²) in [5, 5.41) is 14.8. The zero-order chi connectivity index (χ0) is 18.6. The van der Waals surface area contributed by atoms with E-state index in [4.69, 9.17) is 0 Å². The lowest BCUT2D eigenvalue weighted by Gasteiger charge is -2.11. The van der Waals surface area contributed by atoms with E-state index in [9.17, 15) is 8.42 Å². The van der Waals surface area contributed by atoms with E-state index < -0.39 is 10.0 Å². The van der Waals surface area contributed by atoms with Gasteiger partial charge in [0.15, 0.2) is 0 Å². The van der Waals surface area contributed by atoms with Gasteiger partial charge < -0.3 is 5.32 Å². The van der Waals surface area contributed by atoms with Crippen LogP contribution in [0.4, 0.5) is 5.95 Å². The molecule has 3 aromatic rings. The molecule has 0 atom stereocenters. The normalized spacial score (nSPS) is 11.7. The number of rotatable bonds is 7. The van der Waals surface area contributed by atoms with E-state index in [2.05, 4.69) is 25.6 Å². The molecule has 0 aliphatic carbocycles. The first-order valence-corrected chi connectivity index (χ1v) is 9.63. The standard InChI is InChI=1S/C17H20N6O2S/c1-13(2)20-26(24,25)16-10-6-7-14(11-16)12-18-17-19-21-22-23(17)15-8-4-3-5-9-15/h3-11,13,20H,12H2,1-2H3,(H,18,19,22). The summed E-state index contributed by atoms with van der Waals surface area (Å²) < 4.78 is 28.8. The van der Waals surface area contributed by atoms with Crippen LogP contribution in [0, 0.1) is 0 Å². The SMILES string of the molecule is CC(C)NS(=O)(=O)c1cccc(CNc2nnnn2-c2ccccc2)c1. The molecular formula is C17H20N6O2S. The molecule has 3 rings (SSSR count). The minimum atomic E-state index is -3.53. The van der Waals surface area contributed by atoms with Gasteiger partial charge in [-0.2, -0.15) is 4.68 Å². The van der Waals surface area contributed by atoms with Crippen molar-refractivity contribution in [3.63, 3.8) is 0 Å². The molecule has 0 saturated heterocycles. The maximum absolute atomic E-state index is 12.3. The summed E-state index contributed by atoms with van der Waals surface area (Å²) in [7, 11) is -3.53.